The van der Waals surface area contributed by atoms with Crippen LogP contribution in [0.1, 0.15) is 57.6 Å². The molecule has 1 fully saturated rings. The van der Waals surface area contributed by atoms with Crippen molar-refractivity contribution in [2.24, 2.45) is 0 Å². The molecule has 1 aromatic carbocycles. The van der Waals surface area contributed by atoms with Crippen molar-refractivity contribution in [3.05, 3.63) is 35.9 Å². The van der Waals surface area contributed by atoms with Crippen LogP contribution in [0.25, 0.3) is 0 Å². The van der Waals surface area contributed by atoms with Gasteiger partial charge >= 0.3 is 11.9 Å². The van der Waals surface area contributed by atoms with Gasteiger partial charge in [0.1, 0.15) is 0 Å². The van der Waals surface area contributed by atoms with Crippen molar-refractivity contribution < 1.29 is 29.6 Å². The molecular weight excluding hydrogens is 338 g/mol. The molecule has 1 aliphatic heterocycles. The van der Waals surface area contributed by atoms with Crippen LogP contribution in [0.3, 0.4) is 0 Å². The number of aliphatic carboxylic acids is 2. The Morgan fingerprint density at radius 3 is 2.42 bits per heavy atom. The Morgan fingerprint density at radius 2 is 1.88 bits per heavy atom. The Bertz CT molecular complexity index is 552. The third-order valence-corrected chi connectivity index (χ3v) is 4.38. The van der Waals surface area contributed by atoms with Crippen LogP contribution in [-0.2, 0) is 14.3 Å². The van der Waals surface area contributed by atoms with E-state index in [-0.39, 0.29) is 6.10 Å². The van der Waals surface area contributed by atoms with Gasteiger partial charge in [-0.25, -0.2) is 9.59 Å². The van der Waals surface area contributed by atoms with E-state index in [0.29, 0.717) is 12.5 Å². The van der Waals surface area contributed by atoms with E-state index in [1.54, 1.807) is 0 Å². The monoisotopic (exact) mass is 367 g/mol. The predicted molar refractivity (Wildman–Crippen MR) is 96.7 cm³/mol. The van der Waals surface area contributed by atoms with Gasteiger partial charge in [-0.3, -0.25) is 0 Å². The maximum absolute atomic E-state index is 10.5. The quantitative estimate of drug-likeness (QED) is 0.571. The zero-order chi connectivity index (χ0) is 19.6. The van der Waals surface area contributed by atoms with Crippen LogP contribution < -0.4 is 5.32 Å². The topological polar surface area (TPSA) is 116 Å². The Hall–Kier alpha value is -1.96. The van der Waals surface area contributed by atoms with E-state index < -0.39 is 17.7 Å². The minimum absolute atomic E-state index is 0.222. The normalized spacial score (nSPS) is 23.4. The van der Waals surface area contributed by atoms with Gasteiger partial charge in [-0.2, -0.15) is 0 Å². The van der Waals surface area contributed by atoms with Crippen molar-refractivity contribution in [2.75, 3.05) is 6.54 Å². The van der Waals surface area contributed by atoms with Gasteiger partial charge in [-0.05, 0) is 31.7 Å². The van der Waals surface area contributed by atoms with E-state index in [0.717, 1.165) is 32.2 Å². The maximum Gasteiger partial charge on any atom is 0.414 e. The molecule has 3 atom stereocenters. The van der Waals surface area contributed by atoms with Gasteiger partial charge in [0.2, 0.25) is 0 Å². The zero-order valence-electron chi connectivity index (χ0n) is 15.4. The second-order valence-corrected chi connectivity index (χ2v) is 6.43. The molecule has 1 heterocycles. The molecule has 0 bridgehead atoms. The number of ether oxygens (including phenoxy) is 1. The molecule has 1 saturated heterocycles. The number of benzene rings is 1. The fourth-order valence-corrected chi connectivity index (χ4v) is 2.85. The molecule has 0 aromatic heterocycles. The van der Waals surface area contributed by atoms with Crippen molar-refractivity contribution in [2.45, 2.75) is 63.9 Å². The summed E-state index contributed by atoms with van der Waals surface area (Å²) in [4.78, 5) is 18.2. The summed E-state index contributed by atoms with van der Waals surface area (Å²) < 4.78 is 5.83. The first-order chi connectivity index (χ1) is 12.3. The van der Waals surface area contributed by atoms with Crippen LogP contribution in [0.2, 0.25) is 0 Å². The minimum Gasteiger partial charge on any atom is -0.473 e. The van der Waals surface area contributed by atoms with E-state index in [4.69, 9.17) is 24.5 Å². The molecular formula is C19H29NO6. The number of carbonyl (C=O) groups is 2. The zero-order valence-corrected chi connectivity index (χ0v) is 15.4. The number of hydrogen-bond acceptors (Lipinski definition) is 5. The first-order valence-corrected chi connectivity index (χ1v) is 8.92. The number of rotatable bonds is 6. The van der Waals surface area contributed by atoms with Crippen molar-refractivity contribution in [3.8, 4) is 0 Å². The number of carboxylic acid groups (broad SMARTS) is 2. The first kappa shape index (κ1) is 22.1. The largest absolute Gasteiger partial charge is 0.473 e. The second kappa shape index (κ2) is 10.9. The highest BCUT2D eigenvalue weighted by Gasteiger charge is 2.34. The summed E-state index contributed by atoms with van der Waals surface area (Å²) in [6.45, 7) is 5.03. The molecule has 0 saturated carbocycles. The molecule has 0 radical (unpaired) electrons. The minimum atomic E-state index is -1.82. The molecule has 0 amide bonds. The molecule has 4 N–H and O–H groups in total. The van der Waals surface area contributed by atoms with E-state index in [2.05, 4.69) is 43.4 Å². The van der Waals surface area contributed by atoms with Crippen LogP contribution in [0.15, 0.2) is 30.3 Å². The lowest BCUT2D eigenvalue weighted by Gasteiger charge is -2.37. The Kier molecular flexibility index (Phi) is 9.26. The number of nitrogens with one attached hydrogen (secondary N) is 1. The summed E-state index contributed by atoms with van der Waals surface area (Å²) in [5.41, 5.74) is 1.27. The first-order valence-electron chi connectivity index (χ1n) is 8.92. The SMILES string of the molecule is CCC1CCCC(O)(CCNC(C)c2ccccc2)O1.O=C(O)C(=O)O. The molecule has 1 aromatic rings. The molecule has 0 aliphatic carbocycles. The molecule has 3 unspecified atom stereocenters. The summed E-state index contributed by atoms with van der Waals surface area (Å²) >= 11 is 0. The highest BCUT2D eigenvalue weighted by Crippen LogP contribution is 2.30. The van der Waals surface area contributed by atoms with E-state index in [9.17, 15) is 5.11 Å². The van der Waals surface area contributed by atoms with Crippen molar-refractivity contribution >= 4 is 11.9 Å². The Morgan fingerprint density at radius 1 is 1.27 bits per heavy atom. The van der Waals surface area contributed by atoms with Gasteiger partial charge in [-0.15, -0.1) is 0 Å². The summed E-state index contributed by atoms with van der Waals surface area (Å²) in [5, 5.41) is 28.7. The van der Waals surface area contributed by atoms with Crippen molar-refractivity contribution in [1.82, 2.24) is 5.32 Å². The van der Waals surface area contributed by atoms with Gasteiger partial charge in [0.15, 0.2) is 5.79 Å². The fraction of sp³-hybridized carbons (Fsp3) is 0.579. The third-order valence-electron chi connectivity index (χ3n) is 4.38. The average Bonchev–Trinajstić information content (AvgIpc) is 2.62. The van der Waals surface area contributed by atoms with Gasteiger partial charge in [0.05, 0.1) is 6.10 Å². The smallest absolute Gasteiger partial charge is 0.414 e. The van der Waals surface area contributed by atoms with Gasteiger partial charge in [0, 0.05) is 25.4 Å². The number of hydrogen-bond donors (Lipinski definition) is 4. The Balaban J connectivity index is 0.000000487. The lowest BCUT2D eigenvalue weighted by atomic mass is 9.97. The summed E-state index contributed by atoms with van der Waals surface area (Å²) in [7, 11) is 0. The average molecular weight is 367 g/mol. The highest BCUT2D eigenvalue weighted by atomic mass is 16.6. The van der Waals surface area contributed by atoms with Crippen LogP contribution in [-0.4, -0.2) is 45.7 Å². The molecule has 1 aliphatic rings. The Labute approximate surface area is 154 Å². The van der Waals surface area contributed by atoms with Crippen molar-refractivity contribution in [1.29, 1.82) is 0 Å². The standard InChI is InChI=1S/C17H27NO2.C2H2O4/c1-3-16-10-7-11-17(19,20-16)12-13-18-14(2)15-8-5-4-6-9-15;3-1(4)2(5)6/h4-6,8-9,14,16,18-19H,3,7,10-13H2,1-2H3;(H,3,4)(H,5,6). The lowest BCUT2D eigenvalue weighted by molar-refractivity contribution is -0.256. The highest BCUT2D eigenvalue weighted by molar-refractivity contribution is 6.27. The number of aliphatic hydroxyl groups is 1. The summed E-state index contributed by atoms with van der Waals surface area (Å²) in [6, 6.07) is 10.7. The molecule has 2 rings (SSSR count). The van der Waals surface area contributed by atoms with Crippen LogP contribution in [0.4, 0.5) is 0 Å². The summed E-state index contributed by atoms with van der Waals surface area (Å²) in [5.74, 6) is -4.58. The third kappa shape index (κ3) is 7.95. The van der Waals surface area contributed by atoms with E-state index >= 15 is 0 Å². The van der Waals surface area contributed by atoms with Crippen LogP contribution in [0, 0.1) is 0 Å². The lowest BCUT2D eigenvalue weighted by Crippen LogP contribution is -2.42. The van der Waals surface area contributed by atoms with Gasteiger partial charge in [0.25, 0.3) is 0 Å². The van der Waals surface area contributed by atoms with Crippen LogP contribution >= 0.6 is 0 Å². The van der Waals surface area contributed by atoms with E-state index in [1.807, 2.05) is 6.07 Å². The molecule has 7 heteroatoms. The maximum atomic E-state index is 10.5. The van der Waals surface area contributed by atoms with E-state index in [1.165, 1.54) is 5.56 Å². The molecule has 146 valence electrons. The van der Waals surface area contributed by atoms with Gasteiger partial charge < -0.3 is 25.4 Å². The second-order valence-electron chi connectivity index (χ2n) is 6.43. The fourth-order valence-electron chi connectivity index (χ4n) is 2.85. The molecule has 0 spiro atoms. The van der Waals surface area contributed by atoms with Crippen molar-refractivity contribution in [3.63, 3.8) is 0 Å². The molecule has 7 nitrogen and oxygen atoms in total. The predicted octanol–water partition coefficient (Wildman–Crippen LogP) is 2.55. The van der Waals surface area contributed by atoms with Crippen LogP contribution in [0.5, 0.6) is 0 Å². The molecule has 26 heavy (non-hydrogen) atoms. The summed E-state index contributed by atoms with van der Waals surface area (Å²) in [6.07, 6.45) is 4.75. The number of carboxylic acids is 2. The van der Waals surface area contributed by atoms with Gasteiger partial charge in [-0.1, -0.05) is 37.3 Å².